The molecule has 1 aromatic heterocycles. The molecule has 1 saturated carbocycles. The Labute approximate surface area is 215 Å². The highest BCUT2D eigenvalue weighted by Gasteiger charge is 2.37. The van der Waals surface area contributed by atoms with E-state index in [2.05, 4.69) is 6.07 Å². The zero-order chi connectivity index (χ0) is 25.2. The van der Waals surface area contributed by atoms with Gasteiger partial charge in [-0.25, -0.2) is 4.79 Å². The second-order valence-electron chi connectivity index (χ2n) is 9.99. The number of piperidine rings is 1. The Bertz CT molecular complexity index is 1370. The average Bonchev–Trinajstić information content (AvgIpc) is 3.43. The molecule has 0 spiro atoms. The van der Waals surface area contributed by atoms with Gasteiger partial charge in [-0.1, -0.05) is 55.5 Å². The van der Waals surface area contributed by atoms with Crippen LogP contribution in [0, 0.1) is 29.1 Å². The zero-order valence-corrected chi connectivity index (χ0v) is 21.0. The van der Waals surface area contributed by atoms with Crippen molar-refractivity contribution in [2.75, 3.05) is 13.1 Å². The normalized spacial score (nSPS) is 21.3. The maximum atomic E-state index is 13.3. The van der Waals surface area contributed by atoms with Crippen molar-refractivity contribution >= 4 is 28.5 Å². The van der Waals surface area contributed by atoms with Gasteiger partial charge in [0.2, 0.25) is 0 Å². The number of hydrogen-bond acceptors (Lipinski definition) is 5. The number of halogens is 1. The molecular formula is C29H29ClN2O4. The number of fused-ring (bicyclic) bond motifs is 1. The molecule has 1 amide bonds. The first-order valence-electron chi connectivity index (χ1n) is 12.6. The minimum Gasteiger partial charge on any atom is -0.481 e. The first kappa shape index (κ1) is 24.4. The lowest BCUT2D eigenvalue weighted by Gasteiger charge is -2.39. The van der Waals surface area contributed by atoms with E-state index in [1.165, 1.54) is 31.7 Å². The highest BCUT2D eigenvalue weighted by molar-refractivity contribution is 6.33. The van der Waals surface area contributed by atoms with Gasteiger partial charge in [-0.3, -0.25) is 4.79 Å². The van der Waals surface area contributed by atoms with Crippen LogP contribution in [0.1, 0.15) is 39.0 Å². The van der Waals surface area contributed by atoms with Gasteiger partial charge in [0.05, 0.1) is 12.0 Å². The smallest absolute Gasteiger partial charge is 0.336 e. The van der Waals surface area contributed by atoms with Gasteiger partial charge in [0.1, 0.15) is 11.3 Å². The largest absolute Gasteiger partial charge is 0.481 e. The van der Waals surface area contributed by atoms with Gasteiger partial charge in [0.25, 0.3) is 5.91 Å². The van der Waals surface area contributed by atoms with Gasteiger partial charge < -0.3 is 14.1 Å². The van der Waals surface area contributed by atoms with Gasteiger partial charge in [-0.15, -0.1) is 0 Å². The molecule has 2 fully saturated rings. The highest BCUT2D eigenvalue weighted by atomic mass is 35.5. The monoisotopic (exact) mass is 504 g/mol. The summed E-state index contributed by atoms with van der Waals surface area (Å²) in [5.74, 6) is 1.15. The summed E-state index contributed by atoms with van der Waals surface area (Å²) in [4.78, 5) is 27.4. The Morgan fingerprint density at radius 3 is 2.64 bits per heavy atom. The van der Waals surface area contributed by atoms with Crippen molar-refractivity contribution in [3.8, 4) is 22.9 Å². The van der Waals surface area contributed by atoms with E-state index < -0.39 is 11.7 Å². The predicted molar refractivity (Wildman–Crippen MR) is 139 cm³/mol. The van der Waals surface area contributed by atoms with Crippen molar-refractivity contribution < 1.29 is 13.9 Å². The molecule has 7 heteroatoms. The Balaban J connectivity index is 1.36. The number of carbonyl (C=O) groups is 1. The second-order valence-corrected chi connectivity index (χ2v) is 10.4. The van der Waals surface area contributed by atoms with E-state index in [9.17, 15) is 14.9 Å². The van der Waals surface area contributed by atoms with Crippen molar-refractivity contribution in [2.45, 2.75) is 45.1 Å². The minimum absolute atomic E-state index is 0.121. The molecule has 36 heavy (non-hydrogen) atoms. The van der Waals surface area contributed by atoms with Crippen LogP contribution < -0.4 is 10.4 Å². The summed E-state index contributed by atoms with van der Waals surface area (Å²) < 4.78 is 11.5. The summed E-state index contributed by atoms with van der Waals surface area (Å²) in [6.07, 6.45) is 5.00. The van der Waals surface area contributed by atoms with E-state index in [0.717, 1.165) is 17.4 Å². The Morgan fingerprint density at radius 2 is 1.89 bits per heavy atom. The Hall–Kier alpha value is -3.30. The highest BCUT2D eigenvalue weighted by Crippen LogP contribution is 2.38. The van der Waals surface area contributed by atoms with Crippen LogP contribution in [-0.2, 0) is 4.79 Å². The molecule has 2 aliphatic rings. The standard InChI is InChI=1S/C29H29ClN2O4/c1-18(29(34)32-16-19(15-31)12-21(17-32)20-6-2-3-7-20)35-22-10-11-24-25(14-28(33)36-27(24)13-22)23-8-4-5-9-26(23)30/h4-5,8-11,13-14,18-21H,2-3,6-7,12,16-17H2,1H3/t18-,19-,21?/m1/s1. The topological polar surface area (TPSA) is 83.5 Å². The lowest BCUT2D eigenvalue weighted by molar-refractivity contribution is -0.141. The fourth-order valence-corrected chi connectivity index (χ4v) is 6.05. The van der Waals surface area contributed by atoms with E-state index in [1.807, 2.05) is 29.2 Å². The predicted octanol–water partition coefficient (Wildman–Crippen LogP) is 6.06. The molecule has 2 heterocycles. The van der Waals surface area contributed by atoms with E-state index in [4.69, 9.17) is 20.8 Å². The average molecular weight is 505 g/mol. The van der Waals surface area contributed by atoms with Gasteiger partial charge in [-0.2, -0.15) is 5.26 Å². The lowest BCUT2D eigenvalue weighted by Crippen LogP contribution is -2.49. The summed E-state index contributed by atoms with van der Waals surface area (Å²) >= 11 is 6.37. The molecule has 5 rings (SSSR count). The quantitative estimate of drug-likeness (QED) is 0.394. The molecule has 1 aliphatic carbocycles. The summed E-state index contributed by atoms with van der Waals surface area (Å²) in [6, 6.07) is 16.4. The molecule has 0 radical (unpaired) electrons. The molecule has 2 aromatic carbocycles. The van der Waals surface area contributed by atoms with Gasteiger partial charge >= 0.3 is 5.63 Å². The number of hydrogen-bond donors (Lipinski definition) is 0. The van der Waals surface area contributed by atoms with Crippen LogP contribution in [0.4, 0.5) is 0 Å². The first-order valence-corrected chi connectivity index (χ1v) is 13.0. The fraction of sp³-hybridized carbons (Fsp3) is 0.414. The number of ether oxygens (including phenoxy) is 1. The molecule has 0 bridgehead atoms. The van der Waals surface area contributed by atoms with Crippen LogP contribution >= 0.6 is 11.6 Å². The van der Waals surface area contributed by atoms with E-state index in [0.29, 0.717) is 46.8 Å². The molecule has 1 saturated heterocycles. The van der Waals surface area contributed by atoms with Gasteiger partial charge in [0.15, 0.2) is 6.10 Å². The molecule has 3 aromatic rings. The van der Waals surface area contributed by atoms with Crippen molar-refractivity contribution in [3.63, 3.8) is 0 Å². The van der Waals surface area contributed by atoms with Crippen LogP contribution in [-0.4, -0.2) is 30.0 Å². The number of carbonyl (C=O) groups excluding carboxylic acids is 1. The van der Waals surface area contributed by atoms with Crippen LogP contribution in [0.5, 0.6) is 5.75 Å². The van der Waals surface area contributed by atoms with E-state index in [1.54, 1.807) is 25.1 Å². The molecule has 1 unspecified atom stereocenters. The number of rotatable bonds is 5. The van der Waals surface area contributed by atoms with E-state index in [-0.39, 0.29) is 11.8 Å². The summed E-state index contributed by atoms with van der Waals surface area (Å²) in [7, 11) is 0. The molecule has 3 atom stereocenters. The number of nitrogens with zero attached hydrogens (tertiary/aromatic N) is 2. The van der Waals surface area contributed by atoms with Crippen LogP contribution in [0.25, 0.3) is 22.1 Å². The summed E-state index contributed by atoms with van der Waals surface area (Å²) in [6.45, 7) is 2.85. The van der Waals surface area contributed by atoms with Gasteiger partial charge in [-0.05, 0) is 43.4 Å². The number of amides is 1. The lowest BCUT2D eigenvalue weighted by atomic mass is 9.80. The fourth-order valence-electron chi connectivity index (χ4n) is 5.81. The Morgan fingerprint density at radius 1 is 1.11 bits per heavy atom. The van der Waals surface area contributed by atoms with Crippen LogP contribution in [0.3, 0.4) is 0 Å². The summed E-state index contributed by atoms with van der Waals surface area (Å²) in [5.41, 5.74) is 1.28. The molecule has 186 valence electrons. The maximum Gasteiger partial charge on any atom is 0.336 e. The molecule has 1 aliphatic heterocycles. The van der Waals surface area contributed by atoms with E-state index >= 15 is 0 Å². The van der Waals surface area contributed by atoms with Crippen molar-refractivity contribution in [1.29, 1.82) is 5.26 Å². The maximum absolute atomic E-state index is 13.3. The SMILES string of the molecule is C[C@@H](Oc1ccc2c(-c3ccccc3Cl)cc(=O)oc2c1)C(=O)N1CC(C2CCCC2)C[C@H](C#N)C1. The number of likely N-dealkylation sites (tertiary alicyclic amines) is 1. The Kier molecular flexibility index (Phi) is 7.02. The van der Waals surface area contributed by atoms with Crippen molar-refractivity contribution in [2.24, 2.45) is 17.8 Å². The van der Waals surface area contributed by atoms with Crippen molar-refractivity contribution in [1.82, 2.24) is 4.90 Å². The molecule has 6 nitrogen and oxygen atoms in total. The third-order valence-electron chi connectivity index (χ3n) is 7.58. The molecular weight excluding hydrogens is 476 g/mol. The first-order chi connectivity index (χ1) is 17.4. The number of benzene rings is 2. The number of nitriles is 1. The minimum atomic E-state index is -0.734. The van der Waals surface area contributed by atoms with Gasteiger partial charge in [0, 0.05) is 46.8 Å². The van der Waals surface area contributed by atoms with Crippen LogP contribution in [0.2, 0.25) is 5.02 Å². The zero-order valence-electron chi connectivity index (χ0n) is 20.3. The third kappa shape index (κ3) is 4.99. The summed E-state index contributed by atoms with van der Waals surface area (Å²) in [5, 5.41) is 10.9. The third-order valence-corrected chi connectivity index (χ3v) is 7.91. The second kappa shape index (κ2) is 10.4. The molecule has 0 N–H and O–H groups in total. The van der Waals surface area contributed by atoms with Crippen LogP contribution in [0.15, 0.2) is 57.7 Å². The van der Waals surface area contributed by atoms with Crippen molar-refractivity contribution in [3.05, 3.63) is 64.0 Å².